The number of benzene rings is 1. The lowest BCUT2D eigenvalue weighted by molar-refractivity contribution is -0.117. The summed E-state index contributed by atoms with van der Waals surface area (Å²) in [5.74, 6) is 0.545. The number of hydrogen-bond acceptors (Lipinski definition) is 4. The van der Waals surface area contributed by atoms with Gasteiger partial charge in [-0.15, -0.1) is 0 Å². The first kappa shape index (κ1) is 14.3. The third kappa shape index (κ3) is 3.92. The molecule has 0 saturated carbocycles. The molecule has 0 saturated heterocycles. The smallest absolute Gasteiger partial charge is 0.238 e. The average molecular weight is 251 g/mol. The minimum atomic E-state index is -0.0595. The van der Waals surface area contributed by atoms with Gasteiger partial charge in [0.25, 0.3) is 0 Å². The molecule has 0 aliphatic carbocycles. The van der Waals surface area contributed by atoms with Gasteiger partial charge in [0.05, 0.1) is 19.3 Å². The summed E-state index contributed by atoms with van der Waals surface area (Å²) in [4.78, 5) is 13.7. The summed E-state index contributed by atoms with van der Waals surface area (Å²) in [6.45, 7) is 4.43. The Morgan fingerprint density at radius 3 is 2.67 bits per heavy atom. The molecule has 3 N–H and O–H groups in total. The Kier molecular flexibility index (Phi) is 4.97. The number of nitrogens with zero attached hydrogens (tertiary/aromatic N) is 1. The number of anilines is 2. The minimum absolute atomic E-state index is 0.0595. The van der Waals surface area contributed by atoms with Crippen LogP contribution in [0.5, 0.6) is 5.75 Å². The third-order valence-corrected chi connectivity index (χ3v) is 2.79. The van der Waals surface area contributed by atoms with E-state index in [0.29, 0.717) is 29.7 Å². The Hall–Kier alpha value is -1.75. The number of nitrogens with two attached hydrogens (primary N) is 1. The Balaban J connectivity index is 2.62. The van der Waals surface area contributed by atoms with Crippen molar-refractivity contribution in [2.24, 2.45) is 0 Å². The second-order valence-electron chi connectivity index (χ2n) is 4.51. The van der Waals surface area contributed by atoms with Crippen molar-refractivity contribution in [2.45, 2.75) is 19.9 Å². The van der Waals surface area contributed by atoms with Gasteiger partial charge in [-0.2, -0.15) is 0 Å². The summed E-state index contributed by atoms with van der Waals surface area (Å²) in [7, 11) is 3.47. The topological polar surface area (TPSA) is 67.6 Å². The van der Waals surface area contributed by atoms with Crippen molar-refractivity contribution >= 4 is 17.3 Å². The molecule has 0 spiro atoms. The van der Waals surface area contributed by atoms with Crippen LogP contribution in [0.2, 0.25) is 0 Å². The van der Waals surface area contributed by atoms with Crippen molar-refractivity contribution in [1.82, 2.24) is 4.90 Å². The molecular formula is C13H21N3O2. The van der Waals surface area contributed by atoms with Crippen LogP contribution in [0, 0.1) is 0 Å². The lowest BCUT2D eigenvalue weighted by Crippen LogP contribution is -2.34. The summed E-state index contributed by atoms with van der Waals surface area (Å²) >= 11 is 0. The number of likely N-dealkylation sites (N-methyl/N-ethyl adjacent to an activating group) is 1. The molecular weight excluding hydrogens is 230 g/mol. The molecule has 0 radical (unpaired) electrons. The highest BCUT2D eigenvalue weighted by Gasteiger charge is 2.10. The summed E-state index contributed by atoms with van der Waals surface area (Å²) in [6.07, 6.45) is 0. The zero-order chi connectivity index (χ0) is 13.7. The number of nitrogen functional groups attached to an aromatic ring is 1. The molecule has 0 fully saturated rings. The minimum Gasteiger partial charge on any atom is -0.495 e. The Labute approximate surface area is 108 Å². The lowest BCUT2D eigenvalue weighted by atomic mass is 10.2. The molecule has 0 heterocycles. The van der Waals surface area contributed by atoms with Gasteiger partial charge in [0.2, 0.25) is 5.91 Å². The highest BCUT2D eigenvalue weighted by molar-refractivity contribution is 5.92. The van der Waals surface area contributed by atoms with E-state index in [-0.39, 0.29) is 5.91 Å². The maximum Gasteiger partial charge on any atom is 0.238 e. The number of ether oxygens (including phenoxy) is 1. The van der Waals surface area contributed by atoms with E-state index in [2.05, 4.69) is 5.32 Å². The molecule has 18 heavy (non-hydrogen) atoms. The van der Waals surface area contributed by atoms with E-state index < -0.39 is 0 Å². The van der Waals surface area contributed by atoms with Crippen LogP contribution in [0.1, 0.15) is 13.8 Å². The van der Waals surface area contributed by atoms with Crippen LogP contribution in [-0.4, -0.2) is 37.6 Å². The number of carbonyl (C=O) groups is 1. The molecule has 0 aromatic heterocycles. The first-order valence-electron chi connectivity index (χ1n) is 5.87. The van der Waals surface area contributed by atoms with Gasteiger partial charge in [-0.1, -0.05) is 0 Å². The number of carbonyl (C=O) groups excluding carboxylic acids is 1. The molecule has 0 bridgehead atoms. The molecule has 0 unspecified atom stereocenters. The molecule has 5 heteroatoms. The van der Waals surface area contributed by atoms with E-state index in [1.807, 2.05) is 25.8 Å². The standard InChI is InChI=1S/C13H21N3O2/c1-9(2)16(3)8-13(17)15-10-5-6-12(18-4)11(14)7-10/h5-7,9H,8,14H2,1-4H3,(H,15,17). The predicted octanol–water partition coefficient (Wildman–Crippen LogP) is 1.56. The summed E-state index contributed by atoms with van der Waals surface area (Å²) < 4.78 is 5.06. The average Bonchev–Trinajstić information content (AvgIpc) is 2.28. The van der Waals surface area contributed by atoms with Crippen LogP contribution in [0.4, 0.5) is 11.4 Å². The summed E-state index contributed by atoms with van der Waals surface area (Å²) in [6, 6.07) is 5.52. The fraction of sp³-hybridized carbons (Fsp3) is 0.462. The van der Waals surface area contributed by atoms with E-state index in [9.17, 15) is 4.79 Å². The van der Waals surface area contributed by atoms with Crippen LogP contribution in [-0.2, 0) is 4.79 Å². The fourth-order valence-corrected chi connectivity index (χ4v) is 1.42. The Bertz CT molecular complexity index is 419. The van der Waals surface area contributed by atoms with Crippen molar-refractivity contribution in [1.29, 1.82) is 0 Å². The molecule has 1 aromatic rings. The molecule has 100 valence electrons. The highest BCUT2D eigenvalue weighted by atomic mass is 16.5. The van der Waals surface area contributed by atoms with Gasteiger partial charge in [-0.05, 0) is 39.1 Å². The van der Waals surface area contributed by atoms with Crippen molar-refractivity contribution < 1.29 is 9.53 Å². The first-order chi connectivity index (χ1) is 8.43. The van der Waals surface area contributed by atoms with Gasteiger partial charge in [-0.3, -0.25) is 9.69 Å². The van der Waals surface area contributed by atoms with Gasteiger partial charge < -0.3 is 15.8 Å². The van der Waals surface area contributed by atoms with E-state index in [0.717, 1.165) is 0 Å². The molecule has 1 aromatic carbocycles. The van der Waals surface area contributed by atoms with Crippen molar-refractivity contribution in [3.05, 3.63) is 18.2 Å². The maximum absolute atomic E-state index is 11.8. The van der Waals surface area contributed by atoms with Gasteiger partial charge in [0.15, 0.2) is 0 Å². The second-order valence-corrected chi connectivity index (χ2v) is 4.51. The zero-order valence-corrected chi connectivity index (χ0v) is 11.4. The lowest BCUT2D eigenvalue weighted by Gasteiger charge is -2.20. The monoisotopic (exact) mass is 251 g/mol. The fourth-order valence-electron chi connectivity index (χ4n) is 1.42. The van der Waals surface area contributed by atoms with Crippen molar-refractivity contribution in [2.75, 3.05) is 31.8 Å². The second kappa shape index (κ2) is 6.26. The number of hydrogen-bond donors (Lipinski definition) is 2. The molecule has 1 rings (SSSR count). The first-order valence-corrected chi connectivity index (χ1v) is 5.87. The number of nitrogens with one attached hydrogen (secondary N) is 1. The van der Waals surface area contributed by atoms with Gasteiger partial charge in [0.1, 0.15) is 5.75 Å². The highest BCUT2D eigenvalue weighted by Crippen LogP contribution is 2.24. The SMILES string of the molecule is COc1ccc(NC(=O)CN(C)C(C)C)cc1N. The third-order valence-electron chi connectivity index (χ3n) is 2.79. The van der Waals surface area contributed by atoms with E-state index in [4.69, 9.17) is 10.5 Å². The Morgan fingerprint density at radius 2 is 2.17 bits per heavy atom. The largest absolute Gasteiger partial charge is 0.495 e. The van der Waals surface area contributed by atoms with Crippen LogP contribution in [0.3, 0.4) is 0 Å². The maximum atomic E-state index is 11.8. The summed E-state index contributed by atoms with van der Waals surface area (Å²) in [5.41, 5.74) is 6.95. The number of methoxy groups -OCH3 is 1. The van der Waals surface area contributed by atoms with Crippen LogP contribution in [0.15, 0.2) is 18.2 Å². The van der Waals surface area contributed by atoms with Gasteiger partial charge in [-0.25, -0.2) is 0 Å². The summed E-state index contributed by atoms with van der Waals surface area (Å²) in [5, 5.41) is 2.80. The molecule has 0 aliphatic heterocycles. The molecule has 0 atom stereocenters. The predicted molar refractivity (Wildman–Crippen MR) is 73.8 cm³/mol. The number of rotatable bonds is 5. The zero-order valence-electron chi connectivity index (χ0n) is 11.4. The van der Waals surface area contributed by atoms with Crippen molar-refractivity contribution in [3.63, 3.8) is 0 Å². The van der Waals surface area contributed by atoms with Gasteiger partial charge >= 0.3 is 0 Å². The quantitative estimate of drug-likeness (QED) is 0.779. The van der Waals surface area contributed by atoms with Crippen LogP contribution >= 0.6 is 0 Å². The van der Waals surface area contributed by atoms with Crippen LogP contribution in [0.25, 0.3) is 0 Å². The Morgan fingerprint density at radius 1 is 1.50 bits per heavy atom. The van der Waals surface area contributed by atoms with Crippen LogP contribution < -0.4 is 15.8 Å². The normalized spacial score (nSPS) is 10.8. The molecule has 1 amide bonds. The van der Waals surface area contributed by atoms with E-state index in [1.165, 1.54) is 0 Å². The van der Waals surface area contributed by atoms with E-state index >= 15 is 0 Å². The van der Waals surface area contributed by atoms with Gasteiger partial charge in [0, 0.05) is 11.7 Å². The number of amides is 1. The molecule has 0 aliphatic rings. The van der Waals surface area contributed by atoms with E-state index in [1.54, 1.807) is 25.3 Å². The molecule has 5 nitrogen and oxygen atoms in total. The van der Waals surface area contributed by atoms with Crippen molar-refractivity contribution in [3.8, 4) is 5.75 Å².